The van der Waals surface area contributed by atoms with Crippen LogP contribution in [0.4, 0.5) is 0 Å². The molecule has 1 saturated heterocycles. The van der Waals surface area contributed by atoms with Crippen molar-refractivity contribution < 1.29 is 4.74 Å². The number of hydrogen-bond donors (Lipinski definition) is 0. The van der Waals surface area contributed by atoms with E-state index in [1.54, 1.807) is 11.3 Å². The summed E-state index contributed by atoms with van der Waals surface area (Å²) >= 11 is 1.64. The van der Waals surface area contributed by atoms with E-state index in [4.69, 9.17) is 4.74 Å². The van der Waals surface area contributed by atoms with Crippen LogP contribution in [0.1, 0.15) is 0 Å². The van der Waals surface area contributed by atoms with E-state index in [1.165, 1.54) is 10.4 Å². The molecule has 3 nitrogen and oxygen atoms in total. The van der Waals surface area contributed by atoms with Gasteiger partial charge in [0.05, 0.1) is 0 Å². The molecule has 0 spiro atoms. The molecule has 21 heavy (non-hydrogen) atoms. The molecule has 1 aromatic heterocycles. The molecule has 111 valence electrons. The van der Waals surface area contributed by atoms with Gasteiger partial charge in [0.25, 0.3) is 0 Å². The maximum Gasteiger partial charge on any atom is 0.120 e. The van der Waals surface area contributed by atoms with Gasteiger partial charge in [0.2, 0.25) is 0 Å². The summed E-state index contributed by atoms with van der Waals surface area (Å²) in [5.74, 6) is 0.954. The lowest BCUT2D eigenvalue weighted by Crippen LogP contribution is -2.45. The average molecular weight is 301 g/mol. The van der Waals surface area contributed by atoms with Gasteiger partial charge >= 0.3 is 0 Å². The third-order valence-corrected chi connectivity index (χ3v) is 4.71. The highest BCUT2D eigenvalue weighted by atomic mass is 32.1. The fourth-order valence-corrected chi connectivity index (χ4v) is 3.14. The molecule has 1 aliphatic rings. The van der Waals surface area contributed by atoms with Crippen molar-refractivity contribution >= 4 is 11.3 Å². The van der Waals surface area contributed by atoms with Crippen LogP contribution in [0, 0.1) is 5.38 Å². The first-order chi connectivity index (χ1) is 10.3. The highest BCUT2D eigenvalue weighted by Crippen LogP contribution is 2.27. The Balaban J connectivity index is 1.50. The van der Waals surface area contributed by atoms with Gasteiger partial charge in [0.15, 0.2) is 0 Å². The second-order valence-corrected chi connectivity index (χ2v) is 6.32. The van der Waals surface area contributed by atoms with E-state index in [1.807, 2.05) is 12.1 Å². The molecule has 0 unspecified atom stereocenters. The van der Waals surface area contributed by atoms with Crippen LogP contribution in [-0.2, 0) is 0 Å². The van der Waals surface area contributed by atoms with E-state index >= 15 is 0 Å². The molecule has 1 fully saturated rings. The van der Waals surface area contributed by atoms with Gasteiger partial charge in [-0.3, -0.25) is 4.90 Å². The number of thiophene rings is 1. The number of piperazine rings is 1. The van der Waals surface area contributed by atoms with Crippen molar-refractivity contribution in [2.24, 2.45) is 0 Å². The lowest BCUT2D eigenvalue weighted by Gasteiger charge is -2.32. The van der Waals surface area contributed by atoms with Gasteiger partial charge in [-0.05, 0) is 36.9 Å². The van der Waals surface area contributed by atoms with E-state index in [0.717, 1.165) is 45.1 Å². The Morgan fingerprint density at radius 3 is 2.81 bits per heavy atom. The molecule has 0 saturated carbocycles. The van der Waals surface area contributed by atoms with Crippen LogP contribution in [0.25, 0.3) is 10.4 Å². The van der Waals surface area contributed by atoms with E-state index < -0.39 is 0 Å². The van der Waals surface area contributed by atoms with Crippen molar-refractivity contribution in [3.8, 4) is 16.2 Å². The van der Waals surface area contributed by atoms with Crippen LogP contribution in [-0.4, -0.2) is 56.2 Å². The van der Waals surface area contributed by atoms with Crippen molar-refractivity contribution in [2.45, 2.75) is 0 Å². The van der Waals surface area contributed by atoms with Crippen LogP contribution in [0.2, 0.25) is 0 Å². The molecule has 4 heteroatoms. The van der Waals surface area contributed by atoms with Crippen LogP contribution in [0.3, 0.4) is 0 Å². The fourth-order valence-electron chi connectivity index (χ4n) is 2.50. The van der Waals surface area contributed by atoms with Crippen LogP contribution >= 0.6 is 11.3 Å². The molecule has 0 aliphatic carbocycles. The minimum absolute atomic E-state index is 0.754. The molecule has 0 amide bonds. The van der Waals surface area contributed by atoms with Crippen molar-refractivity contribution in [3.05, 3.63) is 41.8 Å². The molecule has 1 aliphatic heterocycles. The van der Waals surface area contributed by atoms with Gasteiger partial charge in [0, 0.05) is 43.0 Å². The largest absolute Gasteiger partial charge is 0.492 e. The quantitative estimate of drug-likeness (QED) is 0.844. The van der Waals surface area contributed by atoms with E-state index in [-0.39, 0.29) is 0 Å². The number of nitrogens with zero attached hydrogens (tertiary/aromatic N) is 2. The van der Waals surface area contributed by atoms with Crippen LogP contribution < -0.4 is 4.74 Å². The fraction of sp³-hybridized carbons (Fsp3) is 0.412. The van der Waals surface area contributed by atoms with Gasteiger partial charge in [-0.2, -0.15) is 0 Å². The maximum absolute atomic E-state index is 5.91. The Morgan fingerprint density at radius 2 is 2.05 bits per heavy atom. The molecule has 3 rings (SSSR count). The van der Waals surface area contributed by atoms with Crippen LogP contribution in [0.15, 0.2) is 36.4 Å². The second-order valence-electron chi connectivity index (χ2n) is 5.44. The first-order valence-electron chi connectivity index (χ1n) is 7.41. The molecule has 0 bridgehead atoms. The summed E-state index contributed by atoms with van der Waals surface area (Å²) < 4.78 is 5.91. The molecule has 2 heterocycles. The standard InChI is InChI=1S/C17H21N2OS/c1-18-7-9-19(10-8-18)11-12-20-16-5-2-4-15(14-16)17-6-3-13-21-17/h2-6,14H,7-12H2,1H3. The summed E-state index contributed by atoms with van der Waals surface area (Å²) in [4.78, 5) is 6.08. The van der Waals surface area contributed by atoms with Crippen LogP contribution in [0.5, 0.6) is 5.75 Å². The Labute approximate surface area is 130 Å². The molecule has 0 N–H and O–H groups in total. The number of likely N-dealkylation sites (N-methyl/N-ethyl adjacent to an activating group) is 1. The van der Waals surface area contributed by atoms with Gasteiger partial charge in [-0.25, -0.2) is 0 Å². The zero-order valence-corrected chi connectivity index (χ0v) is 13.2. The Kier molecular flexibility index (Phi) is 4.91. The van der Waals surface area contributed by atoms with Crippen molar-refractivity contribution in [1.82, 2.24) is 9.80 Å². The SMILES string of the molecule is CN1CCN(CCOc2cccc(-c3cc[c]s3)c2)CC1. The maximum atomic E-state index is 5.91. The van der Waals surface area contributed by atoms with E-state index in [0.29, 0.717) is 0 Å². The predicted molar refractivity (Wildman–Crippen MR) is 88.0 cm³/mol. The number of hydrogen-bond acceptors (Lipinski definition) is 4. The lowest BCUT2D eigenvalue weighted by molar-refractivity contribution is 0.134. The van der Waals surface area contributed by atoms with Crippen molar-refractivity contribution in [1.29, 1.82) is 0 Å². The molecular weight excluding hydrogens is 280 g/mol. The summed E-state index contributed by atoms with van der Waals surface area (Å²) in [5, 5.41) is 3.13. The Hall–Kier alpha value is -1.36. The molecule has 1 aromatic carbocycles. The smallest absolute Gasteiger partial charge is 0.120 e. The molecular formula is C17H21N2OS. The highest BCUT2D eigenvalue weighted by molar-refractivity contribution is 7.13. The topological polar surface area (TPSA) is 15.7 Å². The van der Waals surface area contributed by atoms with Crippen molar-refractivity contribution in [3.63, 3.8) is 0 Å². The van der Waals surface area contributed by atoms with Gasteiger partial charge < -0.3 is 9.64 Å². The monoisotopic (exact) mass is 301 g/mol. The Bertz CT molecular complexity index is 548. The normalized spacial score (nSPS) is 17.0. The minimum atomic E-state index is 0.754. The van der Waals surface area contributed by atoms with E-state index in [2.05, 4.69) is 46.5 Å². The molecule has 1 radical (unpaired) electrons. The third kappa shape index (κ3) is 4.06. The zero-order valence-electron chi connectivity index (χ0n) is 12.4. The molecule has 0 atom stereocenters. The first kappa shape index (κ1) is 14.6. The summed E-state index contributed by atoms with van der Waals surface area (Å²) in [6, 6.07) is 12.4. The Morgan fingerprint density at radius 1 is 1.19 bits per heavy atom. The minimum Gasteiger partial charge on any atom is -0.492 e. The van der Waals surface area contributed by atoms with Gasteiger partial charge in [-0.15, -0.1) is 11.3 Å². The van der Waals surface area contributed by atoms with Crippen molar-refractivity contribution in [2.75, 3.05) is 46.4 Å². The van der Waals surface area contributed by atoms with Gasteiger partial charge in [-0.1, -0.05) is 12.1 Å². The summed E-state index contributed by atoms with van der Waals surface area (Å²) in [7, 11) is 2.18. The predicted octanol–water partition coefficient (Wildman–Crippen LogP) is 2.84. The second kappa shape index (κ2) is 7.07. The third-order valence-electron chi connectivity index (χ3n) is 3.86. The zero-order chi connectivity index (χ0) is 14.5. The first-order valence-corrected chi connectivity index (χ1v) is 8.23. The summed E-state index contributed by atoms with van der Waals surface area (Å²) in [6.45, 7) is 6.36. The number of rotatable bonds is 5. The van der Waals surface area contributed by atoms with E-state index in [9.17, 15) is 0 Å². The number of ether oxygens (including phenoxy) is 1. The summed E-state index contributed by atoms with van der Waals surface area (Å²) in [6.07, 6.45) is 0. The summed E-state index contributed by atoms with van der Waals surface area (Å²) in [5.41, 5.74) is 1.21. The lowest BCUT2D eigenvalue weighted by atomic mass is 10.2. The highest BCUT2D eigenvalue weighted by Gasteiger charge is 2.13. The molecule has 2 aromatic rings. The van der Waals surface area contributed by atoms with Gasteiger partial charge in [0.1, 0.15) is 12.4 Å². The number of benzene rings is 1. The average Bonchev–Trinajstić information content (AvgIpc) is 3.04.